The summed E-state index contributed by atoms with van der Waals surface area (Å²) in [5.74, 6) is 0. The van der Waals surface area contributed by atoms with Crippen LogP contribution < -0.4 is 4.90 Å². The first-order chi connectivity index (χ1) is 10.2. The second-order valence-electron chi connectivity index (χ2n) is 6.25. The first-order valence-corrected chi connectivity index (χ1v) is 7.44. The summed E-state index contributed by atoms with van der Waals surface area (Å²) in [7, 11) is 0. The van der Waals surface area contributed by atoms with Gasteiger partial charge in [0, 0.05) is 36.2 Å². The first-order valence-electron chi connectivity index (χ1n) is 7.44. The maximum absolute atomic E-state index is 9.49. The molecule has 3 heteroatoms. The van der Waals surface area contributed by atoms with Crippen molar-refractivity contribution >= 4 is 16.5 Å². The van der Waals surface area contributed by atoms with Crippen LogP contribution in [0, 0.1) is 16.7 Å². The molecular weight excluding hydrogens is 260 g/mol. The number of piperidine rings is 1. The molecule has 0 spiro atoms. The number of rotatable bonds is 2. The van der Waals surface area contributed by atoms with Gasteiger partial charge in [-0.1, -0.05) is 31.2 Å². The summed E-state index contributed by atoms with van der Waals surface area (Å²) in [5, 5.41) is 20.9. The number of aliphatic hydroxyl groups excluding tert-OH is 1. The van der Waals surface area contributed by atoms with Gasteiger partial charge in [0.05, 0.1) is 11.6 Å². The SMILES string of the molecule is CC1(CO)CCN(c2ccc(C#N)c3ccccc23)CC1. The van der Waals surface area contributed by atoms with Gasteiger partial charge in [-0.15, -0.1) is 0 Å². The Bertz CT molecular complexity index is 694. The van der Waals surface area contributed by atoms with Gasteiger partial charge in [0.15, 0.2) is 0 Å². The van der Waals surface area contributed by atoms with Crippen LogP contribution in [0.4, 0.5) is 5.69 Å². The Hall–Kier alpha value is -2.05. The van der Waals surface area contributed by atoms with Gasteiger partial charge in [0.1, 0.15) is 0 Å². The van der Waals surface area contributed by atoms with Crippen molar-refractivity contribution in [3.05, 3.63) is 42.0 Å². The van der Waals surface area contributed by atoms with E-state index >= 15 is 0 Å². The molecule has 21 heavy (non-hydrogen) atoms. The molecule has 2 aromatic carbocycles. The zero-order chi connectivity index (χ0) is 14.9. The molecule has 1 saturated heterocycles. The van der Waals surface area contributed by atoms with E-state index in [2.05, 4.69) is 30.0 Å². The number of nitrogens with zero attached hydrogens (tertiary/aromatic N) is 2. The summed E-state index contributed by atoms with van der Waals surface area (Å²) >= 11 is 0. The molecule has 0 aromatic heterocycles. The Morgan fingerprint density at radius 2 is 1.81 bits per heavy atom. The molecule has 2 aromatic rings. The van der Waals surface area contributed by atoms with E-state index in [1.165, 1.54) is 5.69 Å². The molecule has 1 heterocycles. The zero-order valence-corrected chi connectivity index (χ0v) is 12.3. The summed E-state index contributed by atoms with van der Waals surface area (Å²) in [6.45, 7) is 4.32. The fourth-order valence-corrected chi connectivity index (χ4v) is 3.10. The third-order valence-corrected chi connectivity index (χ3v) is 4.71. The summed E-state index contributed by atoms with van der Waals surface area (Å²) in [4.78, 5) is 2.38. The fourth-order valence-electron chi connectivity index (χ4n) is 3.10. The number of anilines is 1. The lowest BCUT2D eigenvalue weighted by Crippen LogP contribution is -2.40. The summed E-state index contributed by atoms with van der Waals surface area (Å²) in [6.07, 6.45) is 2.00. The predicted molar refractivity (Wildman–Crippen MR) is 85.3 cm³/mol. The van der Waals surface area contributed by atoms with Crippen molar-refractivity contribution in [1.29, 1.82) is 5.26 Å². The highest BCUT2D eigenvalue weighted by Gasteiger charge is 2.29. The highest BCUT2D eigenvalue weighted by atomic mass is 16.3. The molecule has 0 unspecified atom stereocenters. The van der Waals surface area contributed by atoms with Crippen molar-refractivity contribution in [1.82, 2.24) is 0 Å². The van der Waals surface area contributed by atoms with E-state index in [1.807, 2.05) is 24.3 Å². The van der Waals surface area contributed by atoms with E-state index in [9.17, 15) is 10.4 Å². The third-order valence-electron chi connectivity index (χ3n) is 4.71. The summed E-state index contributed by atoms with van der Waals surface area (Å²) in [5.41, 5.74) is 1.98. The van der Waals surface area contributed by atoms with Gasteiger partial charge >= 0.3 is 0 Å². The number of aliphatic hydroxyl groups is 1. The minimum atomic E-state index is 0.0545. The highest BCUT2D eigenvalue weighted by Crippen LogP contribution is 2.36. The number of nitriles is 1. The number of fused-ring (bicyclic) bond motifs is 1. The monoisotopic (exact) mass is 280 g/mol. The van der Waals surface area contributed by atoms with Gasteiger partial charge in [-0.2, -0.15) is 5.26 Å². The Morgan fingerprint density at radius 3 is 2.43 bits per heavy atom. The molecule has 108 valence electrons. The molecule has 1 N–H and O–H groups in total. The van der Waals surface area contributed by atoms with E-state index in [4.69, 9.17) is 0 Å². The molecule has 0 aliphatic carbocycles. The van der Waals surface area contributed by atoms with Crippen LogP contribution in [0.25, 0.3) is 10.8 Å². The van der Waals surface area contributed by atoms with Gasteiger partial charge in [-0.25, -0.2) is 0 Å². The number of benzene rings is 2. The lowest BCUT2D eigenvalue weighted by atomic mass is 9.81. The van der Waals surface area contributed by atoms with E-state index in [0.717, 1.165) is 42.3 Å². The minimum absolute atomic E-state index is 0.0545. The van der Waals surface area contributed by atoms with Gasteiger partial charge in [-0.05, 0) is 30.4 Å². The van der Waals surface area contributed by atoms with Crippen LogP contribution in [-0.4, -0.2) is 24.8 Å². The molecular formula is C18H20N2O. The second-order valence-corrected chi connectivity index (χ2v) is 6.25. The van der Waals surface area contributed by atoms with E-state index in [1.54, 1.807) is 0 Å². The van der Waals surface area contributed by atoms with Crippen LogP contribution in [0.5, 0.6) is 0 Å². The van der Waals surface area contributed by atoms with Gasteiger partial charge < -0.3 is 10.0 Å². The van der Waals surface area contributed by atoms with Crippen LogP contribution in [0.1, 0.15) is 25.3 Å². The molecule has 1 aliphatic rings. The lowest BCUT2D eigenvalue weighted by molar-refractivity contribution is 0.115. The predicted octanol–water partition coefficient (Wildman–Crippen LogP) is 3.31. The Kier molecular flexibility index (Phi) is 3.57. The van der Waals surface area contributed by atoms with Crippen LogP contribution in [0.15, 0.2) is 36.4 Å². The van der Waals surface area contributed by atoms with Crippen molar-refractivity contribution in [2.75, 3.05) is 24.6 Å². The van der Waals surface area contributed by atoms with Crippen LogP contribution in [0.3, 0.4) is 0 Å². The highest BCUT2D eigenvalue weighted by molar-refractivity contribution is 5.97. The average molecular weight is 280 g/mol. The topological polar surface area (TPSA) is 47.3 Å². The third kappa shape index (κ3) is 2.48. The molecule has 0 saturated carbocycles. The van der Waals surface area contributed by atoms with Gasteiger partial charge in [-0.3, -0.25) is 0 Å². The number of hydrogen-bond donors (Lipinski definition) is 1. The summed E-state index contributed by atoms with van der Waals surface area (Å²) < 4.78 is 0. The van der Waals surface area contributed by atoms with Crippen LogP contribution in [0.2, 0.25) is 0 Å². The average Bonchev–Trinajstić information content (AvgIpc) is 2.55. The first kappa shape index (κ1) is 13.9. The van der Waals surface area contributed by atoms with E-state index in [-0.39, 0.29) is 12.0 Å². The maximum Gasteiger partial charge on any atom is 0.0998 e. The quantitative estimate of drug-likeness (QED) is 0.918. The maximum atomic E-state index is 9.49. The molecule has 0 radical (unpaired) electrons. The van der Waals surface area contributed by atoms with Crippen molar-refractivity contribution < 1.29 is 5.11 Å². The molecule has 3 nitrogen and oxygen atoms in total. The molecule has 0 amide bonds. The second kappa shape index (κ2) is 5.38. The van der Waals surface area contributed by atoms with Crippen molar-refractivity contribution in [3.8, 4) is 6.07 Å². The Balaban J connectivity index is 1.98. The molecule has 0 bridgehead atoms. The number of hydrogen-bond acceptors (Lipinski definition) is 3. The van der Waals surface area contributed by atoms with Crippen LogP contribution >= 0.6 is 0 Å². The molecule has 0 atom stereocenters. The Labute approximate surface area is 125 Å². The van der Waals surface area contributed by atoms with Crippen molar-refractivity contribution in [2.45, 2.75) is 19.8 Å². The smallest absolute Gasteiger partial charge is 0.0998 e. The zero-order valence-electron chi connectivity index (χ0n) is 12.3. The molecule has 3 rings (SSSR count). The fraction of sp³-hybridized carbons (Fsp3) is 0.389. The minimum Gasteiger partial charge on any atom is -0.396 e. The van der Waals surface area contributed by atoms with E-state index < -0.39 is 0 Å². The van der Waals surface area contributed by atoms with Gasteiger partial charge in [0.2, 0.25) is 0 Å². The van der Waals surface area contributed by atoms with Crippen molar-refractivity contribution in [3.63, 3.8) is 0 Å². The normalized spacial score (nSPS) is 17.7. The van der Waals surface area contributed by atoms with Crippen LogP contribution in [-0.2, 0) is 0 Å². The lowest BCUT2D eigenvalue weighted by Gasteiger charge is -2.39. The van der Waals surface area contributed by atoms with Gasteiger partial charge in [0.25, 0.3) is 0 Å². The molecule has 1 fully saturated rings. The summed E-state index contributed by atoms with van der Waals surface area (Å²) in [6, 6.07) is 14.3. The standard InChI is InChI=1S/C18H20N2O/c1-18(13-21)8-10-20(11-9-18)17-7-6-14(12-19)15-4-2-3-5-16(15)17/h2-7,21H,8-11,13H2,1H3. The largest absolute Gasteiger partial charge is 0.396 e. The molecule has 1 aliphatic heterocycles. The van der Waals surface area contributed by atoms with Crippen molar-refractivity contribution in [2.24, 2.45) is 5.41 Å². The Morgan fingerprint density at radius 1 is 1.14 bits per heavy atom. The van der Waals surface area contributed by atoms with E-state index in [0.29, 0.717) is 0 Å².